The lowest BCUT2D eigenvalue weighted by molar-refractivity contribution is -0.922. The first kappa shape index (κ1) is 16.0. The maximum absolute atomic E-state index is 12.6. The van der Waals surface area contributed by atoms with Gasteiger partial charge in [-0.2, -0.15) is 0 Å². The third-order valence-corrected chi connectivity index (χ3v) is 5.02. The van der Waals surface area contributed by atoms with E-state index in [0.29, 0.717) is 29.5 Å². The number of carbonyl (C=O) groups excluding carboxylic acids is 1. The van der Waals surface area contributed by atoms with E-state index in [1.54, 1.807) is 36.6 Å². The molecule has 5 nitrogen and oxygen atoms in total. The van der Waals surface area contributed by atoms with Gasteiger partial charge in [-0.05, 0) is 37.1 Å². The van der Waals surface area contributed by atoms with Crippen LogP contribution in [0.2, 0.25) is 0 Å². The van der Waals surface area contributed by atoms with Crippen molar-refractivity contribution in [1.82, 2.24) is 0 Å². The predicted octanol–water partition coefficient (Wildman–Crippen LogP) is 2.42. The third kappa shape index (κ3) is 3.07. The standard InChI is InChI=1S/C20H21NO4/c1-13-4-2-8-21(11-13)12-16-17(22)7-6-15-19(23)18(25-20(15)16)10-14-5-3-9-24-14/h3,5-7,9-10,13,22H,2,4,8,11-12H2,1H3/p+1/t13-/m0/s1. The molecule has 4 rings (SSSR count). The van der Waals surface area contributed by atoms with Crippen molar-refractivity contribution in [3.63, 3.8) is 0 Å². The number of nitrogens with one attached hydrogen (secondary N) is 1. The number of benzene rings is 1. The number of hydrogen-bond donors (Lipinski definition) is 2. The number of phenolic OH excluding ortho intramolecular Hbond substituents is 1. The topological polar surface area (TPSA) is 64.1 Å². The van der Waals surface area contributed by atoms with Crippen molar-refractivity contribution in [3.8, 4) is 11.5 Å². The molecular formula is C20H22NO4+. The Balaban J connectivity index is 1.64. The highest BCUT2D eigenvalue weighted by Gasteiger charge is 2.33. The lowest BCUT2D eigenvalue weighted by Gasteiger charge is -2.28. The molecule has 0 spiro atoms. The van der Waals surface area contributed by atoms with Crippen molar-refractivity contribution in [2.75, 3.05) is 13.1 Å². The summed E-state index contributed by atoms with van der Waals surface area (Å²) in [6.45, 7) is 5.09. The van der Waals surface area contributed by atoms with E-state index in [1.807, 2.05) is 0 Å². The number of aromatic hydroxyl groups is 1. The number of piperidine rings is 1. The van der Waals surface area contributed by atoms with Gasteiger partial charge in [0, 0.05) is 12.0 Å². The van der Waals surface area contributed by atoms with Crippen molar-refractivity contribution in [3.05, 3.63) is 53.2 Å². The number of carbonyl (C=O) groups is 1. The third-order valence-electron chi connectivity index (χ3n) is 5.02. The Morgan fingerprint density at radius 3 is 3.00 bits per heavy atom. The zero-order chi connectivity index (χ0) is 17.4. The Labute approximate surface area is 146 Å². The SMILES string of the molecule is C[C@H]1CCC[NH+](Cc2c(O)ccc3c2OC(=Cc2ccco2)C3=O)C1. The number of furan rings is 1. The highest BCUT2D eigenvalue weighted by Crippen LogP contribution is 2.39. The summed E-state index contributed by atoms with van der Waals surface area (Å²) in [6, 6.07) is 6.76. The molecule has 1 aromatic carbocycles. The number of allylic oxidation sites excluding steroid dienone is 1. The van der Waals surface area contributed by atoms with Crippen molar-refractivity contribution in [1.29, 1.82) is 0 Å². The van der Waals surface area contributed by atoms with Crippen LogP contribution in [0.3, 0.4) is 0 Å². The number of quaternary nitrogens is 1. The Bertz CT molecular complexity index is 822. The quantitative estimate of drug-likeness (QED) is 0.843. The Morgan fingerprint density at radius 1 is 1.36 bits per heavy atom. The molecule has 2 atom stereocenters. The van der Waals surface area contributed by atoms with Crippen molar-refractivity contribution < 1.29 is 24.0 Å². The van der Waals surface area contributed by atoms with Gasteiger partial charge in [0.2, 0.25) is 5.78 Å². The summed E-state index contributed by atoms with van der Waals surface area (Å²) in [5.74, 6) is 2.00. The second-order valence-corrected chi connectivity index (χ2v) is 7.02. The van der Waals surface area contributed by atoms with Crippen LogP contribution in [0.25, 0.3) is 6.08 Å². The number of fused-ring (bicyclic) bond motifs is 1. The summed E-state index contributed by atoms with van der Waals surface area (Å²) >= 11 is 0. The minimum Gasteiger partial charge on any atom is -0.507 e. The number of ketones is 1. The summed E-state index contributed by atoms with van der Waals surface area (Å²) in [7, 11) is 0. The molecule has 130 valence electrons. The van der Waals surface area contributed by atoms with Crippen LogP contribution in [0.15, 0.2) is 40.7 Å². The van der Waals surface area contributed by atoms with E-state index >= 15 is 0 Å². The Hall–Kier alpha value is -2.53. The molecule has 3 heterocycles. The number of Topliss-reactive ketones (excluding diaryl/α,β-unsaturated/α-hetero) is 1. The molecule has 1 saturated heterocycles. The van der Waals surface area contributed by atoms with E-state index in [2.05, 4.69) is 6.92 Å². The smallest absolute Gasteiger partial charge is 0.232 e. The summed E-state index contributed by atoms with van der Waals surface area (Å²) in [5.41, 5.74) is 1.23. The first-order chi connectivity index (χ1) is 12.1. The van der Waals surface area contributed by atoms with Crippen molar-refractivity contribution in [2.45, 2.75) is 26.3 Å². The molecule has 2 N–H and O–H groups in total. The molecule has 1 aromatic heterocycles. The fourth-order valence-corrected chi connectivity index (χ4v) is 3.78. The minimum atomic E-state index is -0.172. The average Bonchev–Trinajstić information content (AvgIpc) is 3.20. The zero-order valence-electron chi connectivity index (χ0n) is 14.2. The molecule has 0 aliphatic carbocycles. The largest absolute Gasteiger partial charge is 0.507 e. The number of hydrogen-bond acceptors (Lipinski definition) is 4. The minimum absolute atomic E-state index is 0.172. The number of ether oxygens (including phenoxy) is 1. The highest BCUT2D eigenvalue weighted by atomic mass is 16.5. The van der Waals surface area contributed by atoms with E-state index in [1.165, 1.54) is 17.7 Å². The summed E-state index contributed by atoms with van der Waals surface area (Å²) in [6.07, 6.45) is 5.60. The summed E-state index contributed by atoms with van der Waals surface area (Å²) in [5, 5.41) is 10.4. The zero-order valence-corrected chi connectivity index (χ0v) is 14.2. The molecule has 1 unspecified atom stereocenters. The lowest BCUT2D eigenvalue weighted by Crippen LogP contribution is -3.12. The van der Waals surface area contributed by atoms with E-state index in [9.17, 15) is 9.90 Å². The predicted molar refractivity (Wildman–Crippen MR) is 92.5 cm³/mol. The highest BCUT2D eigenvalue weighted by molar-refractivity contribution is 6.14. The Morgan fingerprint density at radius 2 is 2.24 bits per heavy atom. The molecule has 25 heavy (non-hydrogen) atoms. The number of likely N-dealkylation sites (tertiary alicyclic amines) is 1. The van der Waals surface area contributed by atoms with Crippen LogP contribution >= 0.6 is 0 Å². The summed E-state index contributed by atoms with van der Waals surface area (Å²) in [4.78, 5) is 14.0. The molecular weight excluding hydrogens is 318 g/mol. The summed E-state index contributed by atoms with van der Waals surface area (Å²) < 4.78 is 11.1. The normalized spacial score (nSPS) is 24.4. The second kappa shape index (κ2) is 6.41. The van der Waals surface area contributed by atoms with Crippen LogP contribution in [-0.4, -0.2) is 24.0 Å². The maximum Gasteiger partial charge on any atom is 0.232 e. The van der Waals surface area contributed by atoms with Crippen molar-refractivity contribution in [2.24, 2.45) is 5.92 Å². The van der Waals surface area contributed by atoms with Gasteiger partial charge in [0.05, 0.1) is 30.5 Å². The van der Waals surface area contributed by atoms with E-state index < -0.39 is 0 Å². The first-order valence-electron chi connectivity index (χ1n) is 8.78. The molecule has 0 bridgehead atoms. The van der Waals surface area contributed by atoms with Gasteiger partial charge in [-0.15, -0.1) is 0 Å². The van der Waals surface area contributed by atoms with Gasteiger partial charge >= 0.3 is 0 Å². The van der Waals surface area contributed by atoms with Crippen LogP contribution in [-0.2, 0) is 6.54 Å². The fourth-order valence-electron chi connectivity index (χ4n) is 3.78. The van der Waals surface area contributed by atoms with Crippen LogP contribution in [0.1, 0.15) is 41.4 Å². The average molecular weight is 340 g/mol. The van der Waals surface area contributed by atoms with E-state index in [0.717, 1.165) is 18.7 Å². The van der Waals surface area contributed by atoms with Gasteiger partial charge in [0.25, 0.3) is 0 Å². The Kier molecular flexibility index (Phi) is 4.09. The van der Waals surface area contributed by atoms with Crippen LogP contribution in [0.5, 0.6) is 11.5 Å². The van der Waals surface area contributed by atoms with Gasteiger partial charge in [-0.1, -0.05) is 6.92 Å². The molecule has 2 aliphatic rings. The fraction of sp³-hybridized carbons (Fsp3) is 0.350. The monoisotopic (exact) mass is 340 g/mol. The number of phenols is 1. The molecule has 2 aromatic rings. The second-order valence-electron chi connectivity index (χ2n) is 7.02. The lowest BCUT2D eigenvalue weighted by atomic mass is 9.99. The molecule has 2 aliphatic heterocycles. The molecule has 0 radical (unpaired) electrons. The molecule has 0 amide bonds. The van der Waals surface area contributed by atoms with E-state index in [-0.39, 0.29) is 17.3 Å². The van der Waals surface area contributed by atoms with Gasteiger partial charge < -0.3 is 19.2 Å². The molecule has 1 fully saturated rings. The number of rotatable bonds is 3. The van der Waals surface area contributed by atoms with Crippen LogP contribution < -0.4 is 9.64 Å². The van der Waals surface area contributed by atoms with Gasteiger partial charge in [0.1, 0.15) is 18.1 Å². The van der Waals surface area contributed by atoms with Crippen LogP contribution in [0, 0.1) is 5.92 Å². The maximum atomic E-state index is 12.6. The first-order valence-corrected chi connectivity index (χ1v) is 8.78. The van der Waals surface area contributed by atoms with Gasteiger partial charge in [-0.3, -0.25) is 4.79 Å². The molecule has 0 saturated carbocycles. The van der Waals surface area contributed by atoms with Crippen molar-refractivity contribution >= 4 is 11.9 Å². The van der Waals surface area contributed by atoms with Crippen LogP contribution in [0.4, 0.5) is 0 Å². The van der Waals surface area contributed by atoms with Gasteiger partial charge in [0.15, 0.2) is 11.5 Å². The van der Waals surface area contributed by atoms with Gasteiger partial charge in [-0.25, -0.2) is 0 Å². The molecule has 5 heteroatoms. The van der Waals surface area contributed by atoms with E-state index in [4.69, 9.17) is 9.15 Å².